The molecule has 1 amide bonds. The molecule has 0 atom stereocenters. The van der Waals surface area contributed by atoms with Gasteiger partial charge in [0, 0.05) is 17.6 Å². The number of hydrogen-bond donors (Lipinski definition) is 2. The average Bonchev–Trinajstić information content (AvgIpc) is 2.34. The van der Waals surface area contributed by atoms with E-state index in [1.54, 1.807) is 0 Å². The van der Waals surface area contributed by atoms with Crippen LogP contribution in [0.15, 0.2) is 22.7 Å². The zero-order valence-electron chi connectivity index (χ0n) is 12.4. The summed E-state index contributed by atoms with van der Waals surface area (Å²) in [6, 6.07) is 6.21. The Kier molecular flexibility index (Phi) is 7.02. The van der Waals surface area contributed by atoms with Gasteiger partial charge in [0.2, 0.25) is 5.91 Å². The number of hydrogen-bond acceptors (Lipinski definition) is 3. The third-order valence-electron chi connectivity index (χ3n) is 2.86. The first kappa shape index (κ1) is 17.0. The maximum atomic E-state index is 11.2. The molecule has 0 bridgehead atoms. The Bertz CT molecular complexity index is 449. The van der Waals surface area contributed by atoms with Gasteiger partial charge in [0.1, 0.15) is 0 Å². The molecule has 112 valence electrons. The normalized spacial score (nSPS) is 10.8. The summed E-state index contributed by atoms with van der Waals surface area (Å²) in [4.78, 5) is 13.3. The zero-order valence-corrected chi connectivity index (χ0v) is 14.0. The van der Waals surface area contributed by atoms with E-state index < -0.39 is 0 Å². The maximum Gasteiger partial charge on any atom is 0.236 e. The Labute approximate surface area is 129 Å². The number of nitrogens with zero attached hydrogens (tertiary/aromatic N) is 1. The van der Waals surface area contributed by atoms with Gasteiger partial charge in [0.05, 0.1) is 12.2 Å². The lowest BCUT2D eigenvalue weighted by Gasteiger charge is -2.26. The van der Waals surface area contributed by atoms with E-state index in [1.165, 1.54) is 5.56 Å². The molecule has 0 aromatic heterocycles. The summed E-state index contributed by atoms with van der Waals surface area (Å²) in [5, 5.41) is 3.30. The highest BCUT2D eigenvalue weighted by molar-refractivity contribution is 9.10. The van der Waals surface area contributed by atoms with Crippen LogP contribution in [0, 0.1) is 5.92 Å². The second kappa shape index (κ2) is 8.27. The lowest BCUT2D eigenvalue weighted by Crippen LogP contribution is -2.36. The summed E-state index contributed by atoms with van der Waals surface area (Å²) in [5.74, 6) is 0.150. The van der Waals surface area contributed by atoms with E-state index in [4.69, 9.17) is 5.73 Å². The second-order valence-electron chi connectivity index (χ2n) is 5.31. The molecule has 0 aliphatic heterocycles. The van der Waals surface area contributed by atoms with Crippen LogP contribution in [0.3, 0.4) is 0 Å². The van der Waals surface area contributed by atoms with Gasteiger partial charge in [-0.05, 0) is 46.1 Å². The standard InChI is InChI=1S/C15H24BrN3O/c1-4-18-8-12-5-6-14(13(16)7-12)19(9-11(2)3)10-15(17)20/h5-7,11,18H,4,8-10H2,1-3H3,(H2,17,20). The van der Waals surface area contributed by atoms with Crippen molar-refractivity contribution in [3.05, 3.63) is 28.2 Å². The SMILES string of the molecule is CCNCc1ccc(N(CC(N)=O)CC(C)C)c(Br)c1. The summed E-state index contributed by atoms with van der Waals surface area (Å²) < 4.78 is 0.995. The molecule has 0 saturated heterocycles. The monoisotopic (exact) mass is 341 g/mol. The van der Waals surface area contributed by atoms with Gasteiger partial charge in [0.25, 0.3) is 0 Å². The summed E-state index contributed by atoms with van der Waals surface area (Å²) in [6.07, 6.45) is 0. The van der Waals surface area contributed by atoms with Crippen LogP contribution in [0.2, 0.25) is 0 Å². The number of amides is 1. The van der Waals surface area contributed by atoms with Crippen LogP contribution < -0.4 is 16.0 Å². The first-order valence-electron chi connectivity index (χ1n) is 6.96. The molecule has 5 heteroatoms. The molecule has 4 nitrogen and oxygen atoms in total. The number of halogens is 1. The van der Waals surface area contributed by atoms with Crippen LogP contribution in [0.1, 0.15) is 26.3 Å². The van der Waals surface area contributed by atoms with Gasteiger partial charge in [0.15, 0.2) is 0 Å². The van der Waals surface area contributed by atoms with Gasteiger partial charge >= 0.3 is 0 Å². The first-order chi connectivity index (χ1) is 9.43. The molecule has 1 rings (SSSR count). The van der Waals surface area contributed by atoms with Crippen molar-refractivity contribution in [1.82, 2.24) is 5.32 Å². The van der Waals surface area contributed by atoms with E-state index in [-0.39, 0.29) is 12.5 Å². The molecule has 0 saturated carbocycles. The molecule has 0 aliphatic carbocycles. The van der Waals surface area contributed by atoms with E-state index in [0.717, 1.165) is 29.8 Å². The molecule has 3 N–H and O–H groups in total. The van der Waals surface area contributed by atoms with E-state index in [1.807, 2.05) is 11.0 Å². The fraction of sp³-hybridized carbons (Fsp3) is 0.533. The van der Waals surface area contributed by atoms with Crippen LogP contribution in [0.5, 0.6) is 0 Å². The van der Waals surface area contributed by atoms with Crippen LogP contribution in [-0.2, 0) is 11.3 Å². The van der Waals surface area contributed by atoms with E-state index in [2.05, 4.69) is 54.2 Å². The number of carbonyl (C=O) groups excluding carboxylic acids is 1. The van der Waals surface area contributed by atoms with Gasteiger partial charge in [-0.25, -0.2) is 0 Å². The van der Waals surface area contributed by atoms with Gasteiger partial charge in [-0.1, -0.05) is 26.8 Å². The fourth-order valence-electron chi connectivity index (χ4n) is 2.06. The summed E-state index contributed by atoms with van der Waals surface area (Å²) in [5.41, 5.74) is 7.57. The Balaban J connectivity index is 2.92. The van der Waals surface area contributed by atoms with Crippen molar-refractivity contribution in [2.45, 2.75) is 27.3 Å². The molecule has 0 spiro atoms. The average molecular weight is 342 g/mol. The second-order valence-corrected chi connectivity index (χ2v) is 6.16. The number of primary amides is 1. The molecule has 0 heterocycles. The molecule has 0 fully saturated rings. The van der Waals surface area contributed by atoms with Crippen molar-refractivity contribution < 1.29 is 4.79 Å². The highest BCUT2D eigenvalue weighted by Gasteiger charge is 2.14. The Morgan fingerprint density at radius 2 is 2.15 bits per heavy atom. The summed E-state index contributed by atoms with van der Waals surface area (Å²) >= 11 is 3.60. The highest BCUT2D eigenvalue weighted by Crippen LogP contribution is 2.28. The molecule has 0 radical (unpaired) electrons. The first-order valence-corrected chi connectivity index (χ1v) is 7.75. The number of nitrogens with two attached hydrogens (primary N) is 1. The Morgan fingerprint density at radius 1 is 1.45 bits per heavy atom. The van der Waals surface area contributed by atoms with Crippen molar-refractivity contribution in [3.63, 3.8) is 0 Å². The van der Waals surface area contributed by atoms with Crippen molar-refractivity contribution >= 4 is 27.5 Å². The zero-order chi connectivity index (χ0) is 15.1. The van der Waals surface area contributed by atoms with Gasteiger partial charge < -0.3 is 16.0 Å². The minimum absolute atomic E-state index is 0.239. The topological polar surface area (TPSA) is 58.4 Å². The molecular weight excluding hydrogens is 318 g/mol. The predicted octanol–water partition coefficient (Wildman–Crippen LogP) is 2.51. The predicted molar refractivity (Wildman–Crippen MR) is 87.8 cm³/mol. The fourth-order valence-corrected chi connectivity index (χ4v) is 2.74. The van der Waals surface area contributed by atoms with Gasteiger partial charge in [-0.2, -0.15) is 0 Å². The van der Waals surface area contributed by atoms with Crippen LogP contribution in [-0.4, -0.2) is 25.5 Å². The third-order valence-corrected chi connectivity index (χ3v) is 3.50. The minimum atomic E-state index is -0.311. The van der Waals surface area contributed by atoms with Crippen molar-refractivity contribution in [3.8, 4) is 0 Å². The summed E-state index contributed by atoms with van der Waals surface area (Å²) in [7, 11) is 0. The van der Waals surface area contributed by atoms with Gasteiger partial charge in [-0.15, -0.1) is 0 Å². The van der Waals surface area contributed by atoms with Crippen LogP contribution in [0.4, 0.5) is 5.69 Å². The largest absolute Gasteiger partial charge is 0.368 e. The molecule has 1 aromatic rings. The Hall–Kier alpha value is -1.07. The number of nitrogens with one attached hydrogen (secondary N) is 1. The molecule has 1 aromatic carbocycles. The molecule has 20 heavy (non-hydrogen) atoms. The Morgan fingerprint density at radius 3 is 2.65 bits per heavy atom. The minimum Gasteiger partial charge on any atom is -0.368 e. The summed E-state index contributed by atoms with van der Waals surface area (Å²) in [6.45, 7) is 9.16. The van der Waals surface area contributed by atoms with E-state index in [9.17, 15) is 4.79 Å². The highest BCUT2D eigenvalue weighted by atomic mass is 79.9. The third kappa shape index (κ3) is 5.51. The van der Waals surface area contributed by atoms with Gasteiger partial charge in [-0.3, -0.25) is 4.79 Å². The van der Waals surface area contributed by atoms with Crippen LogP contribution in [0.25, 0.3) is 0 Å². The number of anilines is 1. The number of benzene rings is 1. The quantitative estimate of drug-likeness (QED) is 0.763. The van der Waals surface area contributed by atoms with Crippen molar-refractivity contribution in [2.75, 3.05) is 24.5 Å². The van der Waals surface area contributed by atoms with Crippen molar-refractivity contribution in [2.24, 2.45) is 11.7 Å². The number of rotatable bonds is 8. The maximum absolute atomic E-state index is 11.2. The van der Waals surface area contributed by atoms with Crippen LogP contribution >= 0.6 is 15.9 Å². The lowest BCUT2D eigenvalue weighted by atomic mass is 10.1. The van der Waals surface area contributed by atoms with Crippen molar-refractivity contribution in [1.29, 1.82) is 0 Å². The molecular formula is C15H24BrN3O. The number of carbonyl (C=O) groups is 1. The van der Waals surface area contributed by atoms with E-state index >= 15 is 0 Å². The lowest BCUT2D eigenvalue weighted by molar-refractivity contribution is -0.116. The smallest absolute Gasteiger partial charge is 0.236 e. The van der Waals surface area contributed by atoms with E-state index in [0.29, 0.717) is 5.92 Å². The molecule has 0 unspecified atom stereocenters. The molecule has 0 aliphatic rings.